The molecule has 0 aliphatic carbocycles. The third kappa shape index (κ3) is 4.63. The molecule has 0 atom stereocenters. The Labute approximate surface area is 196 Å². The standard InChI is InChI=1S/C24H24N6O2S/c1-15-9-11-18(12-10-15)22-26-28-24(33)29(22)14-21(31)25-27-23(32)20-13-16(2)30(17(20)3)19-7-5-4-6-8-19/h4-13H,14H2,1-3H3,(H,25,31)(H,27,32)(H,28,33). The van der Waals surface area contributed by atoms with E-state index in [-0.39, 0.29) is 6.54 Å². The van der Waals surface area contributed by atoms with Gasteiger partial charge in [-0.2, -0.15) is 5.10 Å². The molecule has 0 bridgehead atoms. The highest BCUT2D eigenvalue weighted by Gasteiger charge is 2.18. The summed E-state index contributed by atoms with van der Waals surface area (Å²) in [5.74, 6) is -0.271. The zero-order chi connectivity index (χ0) is 23.5. The molecule has 0 aliphatic rings. The summed E-state index contributed by atoms with van der Waals surface area (Å²) in [5, 5.41) is 6.96. The highest BCUT2D eigenvalue weighted by Crippen LogP contribution is 2.21. The van der Waals surface area contributed by atoms with Crippen LogP contribution in [0.1, 0.15) is 27.3 Å². The number of aromatic nitrogens is 4. The van der Waals surface area contributed by atoms with Crippen molar-refractivity contribution >= 4 is 24.0 Å². The topological polar surface area (TPSA) is 96.7 Å². The first kappa shape index (κ1) is 22.2. The molecule has 168 valence electrons. The number of para-hydroxylation sites is 1. The van der Waals surface area contributed by atoms with Crippen LogP contribution in [-0.2, 0) is 11.3 Å². The van der Waals surface area contributed by atoms with Gasteiger partial charge in [0.25, 0.3) is 11.8 Å². The van der Waals surface area contributed by atoms with Crippen molar-refractivity contribution in [2.45, 2.75) is 27.3 Å². The smallest absolute Gasteiger partial charge is 0.271 e. The molecule has 2 heterocycles. The van der Waals surface area contributed by atoms with Crippen molar-refractivity contribution in [1.29, 1.82) is 0 Å². The molecule has 9 heteroatoms. The number of carbonyl (C=O) groups is 2. The lowest BCUT2D eigenvalue weighted by Crippen LogP contribution is -2.43. The third-order valence-corrected chi connectivity index (χ3v) is 5.69. The fourth-order valence-electron chi connectivity index (χ4n) is 3.73. The number of hydrazine groups is 1. The van der Waals surface area contributed by atoms with Gasteiger partial charge in [0, 0.05) is 22.6 Å². The van der Waals surface area contributed by atoms with Crippen LogP contribution in [0.5, 0.6) is 0 Å². The lowest BCUT2D eigenvalue weighted by atomic mass is 10.1. The number of benzene rings is 2. The van der Waals surface area contributed by atoms with Gasteiger partial charge in [-0.1, -0.05) is 48.0 Å². The predicted molar refractivity (Wildman–Crippen MR) is 128 cm³/mol. The van der Waals surface area contributed by atoms with Gasteiger partial charge in [-0.05, 0) is 51.2 Å². The Morgan fingerprint density at radius 1 is 1.00 bits per heavy atom. The van der Waals surface area contributed by atoms with Crippen molar-refractivity contribution in [3.63, 3.8) is 0 Å². The van der Waals surface area contributed by atoms with Crippen molar-refractivity contribution < 1.29 is 9.59 Å². The Morgan fingerprint density at radius 2 is 1.70 bits per heavy atom. The van der Waals surface area contributed by atoms with Gasteiger partial charge >= 0.3 is 0 Å². The van der Waals surface area contributed by atoms with E-state index in [1.165, 1.54) is 0 Å². The average molecular weight is 461 g/mol. The molecule has 0 fully saturated rings. The minimum absolute atomic E-state index is 0.0954. The summed E-state index contributed by atoms with van der Waals surface area (Å²) in [6.45, 7) is 5.70. The minimum atomic E-state index is -0.425. The first-order valence-electron chi connectivity index (χ1n) is 10.4. The Balaban J connectivity index is 1.46. The maximum absolute atomic E-state index is 12.8. The minimum Gasteiger partial charge on any atom is -0.318 e. The molecule has 2 aromatic carbocycles. The number of amides is 2. The molecular weight excluding hydrogens is 436 g/mol. The number of carbonyl (C=O) groups excluding carboxylic acids is 2. The molecule has 0 saturated heterocycles. The van der Waals surface area contributed by atoms with E-state index in [1.54, 1.807) is 10.6 Å². The van der Waals surface area contributed by atoms with Gasteiger partial charge in [-0.25, -0.2) is 0 Å². The van der Waals surface area contributed by atoms with Crippen molar-refractivity contribution in [2.24, 2.45) is 0 Å². The van der Waals surface area contributed by atoms with E-state index in [0.717, 1.165) is 28.2 Å². The van der Waals surface area contributed by atoms with Crippen LogP contribution in [0.2, 0.25) is 0 Å². The summed E-state index contributed by atoms with van der Waals surface area (Å²) >= 11 is 5.28. The number of nitrogens with zero attached hydrogens (tertiary/aromatic N) is 3. The molecular formula is C24H24N6O2S. The molecule has 8 nitrogen and oxygen atoms in total. The van der Waals surface area contributed by atoms with Crippen LogP contribution in [-0.4, -0.2) is 31.1 Å². The molecule has 0 unspecified atom stereocenters. The molecule has 4 rings (SSSR count). The van der Waals surface area contributed by atoms with E-state index in [4.69, 9.17) is 12.2 Å². The van der Waals surface area contributed by atoms with Crippen molar-refractivity contribution in [2.75, 3.05) is 0 Å². The summed E-state index contributed by atoms with van der Waals surface area (Å²) in [7, 11) is 0. The summed E-state index contributed by atoms with van der Waals surface area (Å²) in [5.41, 5.74) is 10.1. The Kier molecular flexibility index (Phi) is 6.23. The van der Waals surface area contributed by atoms with Crippen molar-refractivity contribution in [3.05, 3.63) is 87.9 Å². The zero-order valence-corrected chi connectivity index (χ0v) is 19.4. The summed E-state index contributed by atoms with van der Waals surface area (Å²) in [4.78, 5) is 25.3. The largest absolute Gasteiger partial charge is 0.318 e. The highest BCUT2D eigenvalue weighted by atomic mass is 32.1. The number of hydrogen-bond acceptors (Lipinski definition) is 4. The molecule has 33 heavy (non-hydrogen) atoms. The quantitative estimate of drug-likeness (QED) is 0.312. The van der Waals surface area contributed by atoms with Crippen LogP contribution in [0.4, 0.5) is 0 Å². The molecule has 0 spiro atoms. The zero-order valence-electron chi connectivity index (χ0n) is 18.5. The van der Waals surface area contributed by atoms with Gasteiger partial charge in [0.05, 0.1) is 5.56 Å². The fourth-order valence-corrected chi connectivity index (χ4v) is 3.93. The molecule has 2 aromatic heterocycles. The maximum atomic E-state index is 12.8. The number of aryl methyl sites for hydroxylation is 2. The summed E-state index contributed by atoms with van der Waals surface area (Å²) < 4.78 is 3.90. The average Bonchev–Trinajstić information content (AvgIpc) is 3.32. The van der Waals surface area contributed by atoms with E-state index in [2.05, 4.69) is 21.0 Å². The number of hydrogen-bond donors (Lipinski definition) is 3. The van der Waals surface area contributed by atoms with Crippen LogP contribution < -0.4 is 10.9 Å². The van der Waals surface area contributed by atoms with Gasteiger partial charge < -0.3 is 4.57 Å². The van der Waals surface area contributed by atoms with Crippen LogP contribution in [0.3, 0.4) is 0 Å². The third-order valence-electron chi connectivity index (χ3n) is 5.38. The summed E-state index contributed by atoms with van der Waals surface area (Å²) in [6.07, 6.45) is 0. The van der Waals surface area contributed by atoms with E-state index in [1.807, 2.05) is 79.9 Å². The highest BCUT2D eigenvalue weighted by molar-refractivity contribution is 7.71. The van der Waals surface area contributed by atoms with E-state index >= 15 is 0 Å². The fraction of sp³-hybridized carbons (Fsp3) is 0.167. The second-order valence-corrected chi connectivity index (χ2v) is 8.15. The van der Waals surface area contributed by atoms with E-state index in [0.29, 0.717) is 16.2 Å². The van der Waals surface area contributed by atoms with Gasteiger partial charge in [0.1, 0.15) is 6.54 Å². The first-order valence-corrected chi connectivity index (χ1v) is 10.8. The Hall–Kier alpha value is -3.98. The Morgan fingerprint density at radius 3 is 2.39 bits per heavy atom. The van der Waals surface area contributed by atoms with Gasteiger partial charge in [0.15, 0.2) is 10.6 Å². The molecule has 3 N–H and O–H groups in total. The monoisotopic (exact) mass is 460 g/mol. The van der Waals surface area contributed by atoms with Crippen molar-refractivity contribution in [1.82, 2.24) is 30.2 Å². The van der Waals surface area contributed by atoms with Gasteiger partial charge in [-0.15, -0.1) is 0 Å². The Bertz CT molecular complexity index is 1370. The molecule has 2 amide bonds. The number of aromatic amines is 1. The van der Waals surface area contributed by atoms with E-state index < -0.39 is 11.8 Å². The summed E-state index contributed by atoms with van der Waals surface area (Å²) in [6, 6.07) is 19.3. The van der Waals surface area contributed by atoms with Crippen LogP contribution in [0, 0.1) is 25.5 Å². The van der Waals surface area contributed by atoms with Crippen LogP contribution in [0.25, 0.3) is 17.1 Å². The second kappa shape index (κ2) is 9.25. The predicted octanol–water partition coefficient (Wildman–Crippen LogP) is 3.78. The second-order valence-electron chi connectivity index (χ2n) is 7.76. The number of H-pyrrole nitrogens is 1. The molecule has 0 saturated carbocycles. The molecule has 0 aliphatic heterocycles. The number of rotatable bonds is 5. The molecule has 4 aromatic rings. The van der Waals surface area contributed by atoms with Gasteiger partial charge in [0.2, 0.25) is 0 Å². The normalized spacial score (nSPS) is 10.8. The van der Waals surface area contributed by atoms with Crippen LogP contribution >= 0.6 is 12.2 Å². The molecule has 0 radical (unpaired) electrons. The SMILES string of the molecule is Cc1ccc(-c2n[nH]c(=S)n2CC(=O)NNC(=O)c2cc(C)n(-c3ccccc3)c2C)cc1. The first-order chi connectivity index (χ1) is 15.8. The van der Waals surface area contributed by atoms with Gasteiger partial charge in [-0.3, -0.25) is 30.1 Å². The number of nitrogens with one attached hydrogen (secondary N) is 3. The van der Waals surface area contributed by atoms with E-state index in [9.17, 15) is 9.59 Å². The lowest BCUT2D eigenvalue weighted by molar-refractivity contribution is -0.122. The van der Waals surface area contributed by atoms with Crippen LogP contribution in [0.15, 0.2) is 60.7 Å². The maximum Gasteiger partial charge on any atom is 0.271 e. The van der Waals surface area contributed by atoms with Crippen molar-refractivity contribution in [3.8, 4) is 17.1 Å². The lowest BCUT2D eigenvalue weighted by Gasteiger charge is -2.11.